The Morgan fingerprint density at radius 1 is 1.10 bits per heavy atom. The molecule has 144 valence electrons. The van der Waals surface area contributed by atoms with Crippen molar-refractivity contribution in [1.29, 1.82) is 0 Å². The van der Waals surface area contributed by atoms with E-state index in [0.29, 0.717) is 16.8 Å². The topological polar surface area (TPSA) is 105 Å². The van der Waals surface area contributed by atoms with Crippen LogP contribution in [0.25, 0.3) is 22.6 Å². The summed E-state index contributed by atoms with van der Waals surface area (Å²) < 4.78 is 14.4. The van der Waals surface area contributed by atoms with Gasteiger partial charge in [0.05, 0.1) is 5.69 Å². The molecule has 1 amide bonds. The largest absolute Gasteiger partial charge is 0.478 e. The van der Waals surface area contributed by atoms with Gasteiger partial charge in [-0.15, -0.1) is 0 Å². The van der Waals surface area contributed by atoms with Gasteiger partial charge in [0, 0.05) is 24.0 Å². The zero-order chi connectivity index (χ0) is 20.3. The van der Waals surface area contributed by atoms with E-state index in [4.69, 9.17) is 0 Å². The number of hydrogen-bond donors (Lipinski definition) is 1. The maximum Gasteiger partial charge on any atom is 0.353 e. The number of carboxylic acid groups (broad SMARTS) is 1. The molecule has 3 aromatic rings. The molecule has 0 aliphatic carbocycles. The number of carboxylic acids is 1. The lowest BCUT2D eigenvalue weighted by molar-refractivity contribution is -0.148. The van der Waals surface area contributed by atoms with Gasteiger partial charge in [-0.05, 0) is 36.4 Å². The summed E-state index contributed by atoms with van der Waals surface area (Å²) in [6.07, 6.45) is -0.0112. The number of aliphatic carboxylic acids is 1. The van der Waals surface area contributed by atoms with Crippen LogP contribution in [0.3, 0.4) is 0 Å². The number of halogens is 1. The highest BCUT2D eigenvalue weighted by Crippen LogP contribution is 2.47. The number of amides is 1. The lowest BCUT2D eigenvalue weighted by Crippen LogP contribution is -2.58. The molecule has 0 unspecified atom stereocenters. The lowest BCUT2D eigenvalue weighted by Gasteiger charge is -2.41. The number of rotatable bonds is 2. The third-order valence-corrected chi connectivity index (χ3v) is 5.31. The molecule has 0 bridgehead atoms. The van der Waals surface area contributed by atoms with Gasteiger partial charge in [0.25, 0.3) is 5.56 Å². The molecule has 2 aromatic carbocycles. The number of para-hydroxylation sites is 1. The molecule has 1 aromatic heterocycles. The smallest absolute Gasteiger partial charge is 0.353 e. The number of aromatic nitrogens is 3. The van der Waals surface area contributed by atoms with E-state index in [9.17, 15) is 23.9 Å². The summed E-state index contributed by atoms with van der Waals surface area (Å²) in [6.45, 7) is 0. The minimum atomic E-state index is -1.82. The fraction of sp³-hybridized carbons (Fsp3) is 0.150. The standard InChI is InChI=1S/C20H13FN4O4/c21-12-7-5-11(6-8-12)16-18(27)22-17-13-3-1-2-4-14(13)24-15(26)9-10-20(24,19(28)29)25(17)23-16/h1-8H,9-10H2,(H,28,29)/t20-/m0/s1. The van der Waals surface area contributed by atoms with Crippen molar-refractivity contribution in [3.8, 4) is 22.6 Å². The van der Waals surface area contributed by atoms with E-state index in [2.05, 4.69) is 10.1 Å². The Morgan fingerprint density at radius 2 is 1.83 bits per heavy atom. The van der Waals surface area contributed by atoms with Crippen LogP contribution in [0, 0.1) is 5.82 Å². The zero-order valence-corrected chi connectivity index (χ0v) is 14.9. The molecule has 2 aliphatic rings. The third-order valence-electron chi connectivity index (χ3n) is 5.31. The Kier molecular flexibility index (Phi) is 3.45. The van der Waals surface area contributed by atoms with Gasteiger partial charge in [-0.25, -0.2) is 13.9 Å². The first kappa shape index (κ1) is 17.2. The number of carbonyl (C=O) groups excluding carboxylic acids is 1. The van der Waals surface area contributed by atoms with Gasteiger partial charge in [-0.2, -0.15) is 10.1 Å². The van der Waals surface area contributed by atoms with Crippen LogP contribution in [0.5, 0.6) is 0 Å². The van der Waals surface area contributed by atoms with E-state index in [1.54, 1.807) is 24.3 Å². The molecule has 0 saturated carbocycles. The summed E-state index contributed by atoms with van der Waals surface area (Å²) in [4.78, 5) is 43.1. The summed E-state index contributed by atoms with van der Waals surface area (Å²) in [7, 11) is 0. The molecule has 9 heteroatoms. The maximum absolute atomic E-state index is 13.3. The van der Waals surface area contributed by atoms with Crippen LogP contribution in [-0.4, -0.2) is 31.7 Å². The average molecular weight is 392 g/mol. The molecule has 2 aliphatic heterocycles. The van der Waals surface area contributed by atoms with Crippen molar-refractivity contribution in [2.24, 2.45) is 0 Å². The lowest BCUT2D eigenvalue weighted by atomic mass is 10.00. The zero-order valence-electron chi connectivity index (χ0n) is 14.9. The number of benzene rings is 2. The molecule has 29 heavy (non-hydrogen) atoms. The summed E-state index contributed by atoms with van der Waals surface area (Å²) in [5, 5.41) is 14.5. The van der Waals surface area contributed by atoms with Crippen molar-refractivity contribution in [3.63, 3.8) is 0 Å². The first-order valence-corrected chi connectivity index (χ1v) is 8.87. The van der Waals surface area contributed by atoms with E-state index in [1.807, 2.05) is 0 Å². The second kappa shape index (κ2) is 5.81. The number of fused-ring (bicyclic) bond motifs is 6. The molecular weight excluding hydrogens is 379 g/mol. The van der Waals surface area contributed by atoms with Gasteiger partial charge in [-0.3, -0.25) is 14.5 Å². The van der Waals surface area contributed by atoms with Gasteiger partial charge in [0.2, 0.25) is 11.6 Å². The van der Waals surface area contributed by atoms with E-state index in [-0.39, 0.29) is 30.3 Å². The Hall–Kier alpha value is -3.88. The number of carbonyl (C=O) groups is 2. The normalized spacial score (nSPS) is 19.5. The minimum Gasteiger partial charge on any atom is -0.478 e. The molecule has 8 nitrogen and oxygen atoms in total. The Bertz CT molecular complexity index is 1250. The molecule has 1 atom stereocenters. The van der Waals surface area contributed by atoms with Crippen molar-refractivity contribution < 1.29 is 19.1 Å². The average Bonchev–Trinajstić information content (AvgIpc) is 3.07. The number of anilines is 1. The Labute approximate surface area is 162 Å². The molecule has 1 N–H and O–H groups in total. The highest BCUT2D eigenvalue weighted by molar-refractivity contribution is 6.07. The van der Waals surface area contributed by atoms with Crippen LogP contribution >= 0.6 is 0 Å². The van der Waals surface area contributed by atoms with Gasteiger partial charge < -0.3 is 5.11 Å². The van der Waals surface area contributed by atoms with Crippen LogP contribution in [0.2, 0.25) is 0 Å². The molecule has 1 fully saturated rings. The molecular formula is C20H13FN4O4. The van der Waals surface area contributed by atoms with Crippen LogP contribution in [-0.2, 0) is 15.3 Å². The minimum absolute atomic E-state index is 0.0137. The molecule has 0 spiro atoms. The monoisotopic (exact) mass is 392 g/mol. The van der Waals surface area contributed by atoms with Crippen molar-refractivity contribution in [2.75, 3.05) is 4.90 Å². The van der Waals surface area contributed by atoms with Crippen molar-refractivity contribution >= 4 is 17.6 Å². The first-order valence-electron chi connectivity index (χ1n) is 8.87. The Morgan fingerprint density at radius 3 is 2.55 bits per heavy atom. The van der Waals surface area contributed by atoms with Crippen LogP contribution < -0.4 is 10.5 Å². The summed E-state index contributed by atoms with van der Waals surface area (Å²) in [6, 6.07) is 11.8. The highest BCUT2D eigenvalue weighted by atomic mass is 19.1. The summed E-state index contributed by atoms with van der Waals surface area (Å²) in [5.41, 5.74) is -1.50. The van der Waals surface area contributed by atoms with Gasteiger partial charge >= 0.3 is 5.97 Å². The molecule has 1 saturated heterocycles. The number of hydrogen-bond acceptors (Lipinski definition) is 5. The highest BCUT2D eigenvalue weighted by Gasteiger charge is 2.58. The fourth-order valence-electron chi connectivity index (χ4n) is 4.00. The second-order valence-corrected chi connectivity index (χ2v) is 6.88. The van der Waals surface area contributed by atoms with Gasteiger partial charge in [0.1, 0.15) is 5.82 Å². The van der Waals surface area contributed by atoms with Crippen molar-refractivity contribution in [3.05, 3.63) is 64.7 Å². The first-order chi connectivity index (χ1) is 13.9. The predicted molar refractivity (Wildman–Crippen MR) is 99.5 cm³/mol. The summed E-state index contributed by atoms with van der Waals surface area (Å²) in [5.74, 6) is -2.04. The van der Waals surface area contributed by atoms with Crippen LogP contribution in [0.4, 0.5) is 10.1 Å². The van der Waals surface area contributed by atoms with Crippen LogP contribution in [0.1, 0.15) is 12.8 Å². The molecule has 0 radical (unpaired) electrons. The quantitative estimate of drug-likeness (QED) is 0.715. The van der Waals surface area contributed by atoms with E-state index in [1.165, 1.54) is 29.2 Å². The fourth-order valence-corrected chi connectivity index (χ4v) is 4.00. The summed E-state index contributed by atoms with van der Waals surface area (Å²) >= 11 is 0. The van der Waals surface area contributed by atoms with Gasteiger partial charge in [0.15, 0.2) is 11.5 Å². The maximum atomic E-state index is 13.3. The predicted octanol–water partition coefficient (Wildman–Crippen LogP) is 1.99. The molecule has 5 rings (SSSR count). The van der Waals surface area contributed by atoms with E-state index in [0.717, 1.165) is 4.68 Å². The van der Waals surface area contributed by atoms with E-state index < -0.39 is 23.0 Å². The SMILES string of the molecule is O=C1CC[C@]2(C(=O)O)N1c1ccccc1-c1nc(=O)c(-c3ccc(F)cc3)nn12. The van der Waals surface area contributed by atoms with Crippen molar-refractivity contribution in [1.82, 2.24) is 14.8 Å². The Balaban J connectivity index is 1.87. The third kappa shape index (κ3) is 2.21. The number of nitrogens with zero attached hydrogens (tertiary/aromatic N) is 4. The second-order valence-electron chi connectivity index (χ2n) is 6.88. The van der Waals surface area contributed by atoms with Crippen LogP contribution in [0.15, 0.2) is 53.3 Å². The van der Waals surface area contributed by atoms with Gasteiger partial charge in [-0.1, -0.05) is 12.1 Å². The van der Waals surface area contributed by atoms with Crippen molar-refractivity contribution in [2.45, 2.75) is 18.5 Å². The molecule has 3 heterocycles. The van der Waals surface area contributed by atoms with E-state index >= 15 is 0 Å².